The van der Waals surface area contributed by atoms with Gasteiger partial charge in [-0.15, -0.1) is 0 Å². The van der Waals surface area contributed by atoms with Crippen molar-refractivity contribution in [2.24, 2.45) is 5.41 Å². The summed E-state index contributed by atoms with van der Waals surface area (Å²) in [5.74, 6) is -0.707. The summed E-state index contributed by atoms with van der Waals surface area (Å²) in [6.07, 6.45) is -0.715. The van der Waals surface area contributed by atoms with E-state index in [9.17, 15) is 13.2 Å². The first-order chi connectivity index (χ1) is 8.95. The first-order valence-corrected chi connectivity index (χ1v) is 6.81. The zero-order chi connectivity index (χ0) is 13.7. The van der Waals surface area contributed by atoms with Crippen molar-refractivity contribution < 1.29 is 13.2 Å². The number of rotatable bonds is 3. The third-order valence-electron chi connectivity index (χ3n) is 4.44. The summed E-state index contributed by atoms with van der Waals surface area (Å²) < 4.78 is 40.8. The molecule has 0 amide bonds. The van der Waals surface area contributed by atoms with E-state index in [1.807, 2.05) is 0 Å². The molecular weight excluding hydrogens is 255 g/mol. The van der Waals surface area contributed by atoms with E-state index in [0.29, 0.717) is 25.2 Å². The minimum atomic E-state index is -4.36. The smallest absolute Gasteiger partial charge is 0.324 e. The molecule has 1 saturated carbocycles. The van der Waals surface area contributed by atoms with E-state index >= 15 is 0 Å². The topological polar surface area (TPSA) is 29.9 Å². The molecule has 1 fully saturated rings. The Kier molecular flexibility index (Phi) is 2.89. The molecule has 3 nitrogen and oxygen atoms in total. The molecule has 6 heteroatoms. The molecule has 0 radical (unpaired) electrons. The highest BCUT2D eigenvalue weighted by molar-refractivity contribution is 5.22. The molecule has 0 saturated heterocycles. The molecule has 0 spiro atoms. The van der Waals surface area contributed by atoms with Crippen molar-refractivity contribution in [1.29, 1.82) is 0 Å². The molecule has 0 atom stereocenters. The standard InChI is InChI=1S/C13H18F3N3/c1-2-12(4-5-12)8-19-10-3-6-17-7-9(10)18-11(19)13(14,15)16/h17H,2-8H2,1H3. The minimum absolute atomic E-state index is 0.0827. The number of hydrogen-bond donors (Lipinski definition) is 1. The maximum absolute atomic E-state index is 13.1. The molecule has 0 bridgehead atoms. The summed E-state index contributed by atoms with van der Waals surface area (Å²) in [5.41, 5.74) is 1.44. The first-order valence-electron chi connectivity index (χ1n) is 6.81. The van der Waals surface area contributed by atoms with Gasteiger partial charge in [-0.25, -0.2) is 4.98 Å². The van der Waals surface area contributed by atoms with Crippen LogP contribution in [0.1, 0.15) is 43.4 Å². The zero-order valence-corrected chi connectivity index (χ0v) is 11.0. The lowest BCUT2D eigenvalue weighted by Gasteiger charge is -2.21. The predicted octanol–water partition coefficient (Wildman–Crippen LogP) is 2.74. The van der Waals surface area contributed by atoms with Crippen molar-refractivity contribution in [2.75, 3.05) is 6.54 Å². The molecule has 19 heavy (non-hydrogen) atoms. The van der Waals surface area contributed by atoms with Gasteiger partial charge in [0, 0.05) is 31.7 Å². The van der Waals surface area contributed by atoms with E-state index in [1.54, 1.807) is 0 Å². The van der Waals surface area contributed by atoms with Crippen LogP contribution in [-0.2, 0) is 25.7 Å². The number of halogens is 3. The van der Waals surface area contributed by atoms with Crippen molar-refractivity contribution in [1.82, 2.24) is 14.9 Å². The largest absolute Gasteiger partial charge is 0.449 e. The van der Waals surface area contributed by atoms with Gasteiger partial charge in [0.25, 0.3) is 0 Å². The number of aromatic nitrogens is 2. The van der Waals surface area contributed by atoms with Crippen LogP contribution in [0.4, 0.5) is 13.2 Å². The van der Waals surface area contributed by atoms with E-state index in [0.717, 1.165) is 31.5 Å². The fourth-order valence-corrected chi connectivity index (χ4v) is 2.89. The van der Waals surface area contributed by atoms with Crippen LogP contribution in [0.2, 0.25) is 0 Å². The molecule has 3 rings (SSSR count). The highest BCUT2D eigenvalue weighted by atomic mass is 19.4. The van der Waals surface area contributed by atoms with Gasteiger partial charge in [0.15, 0.2) is 0 Å². The molecule has 0 unspecified atom stereocenters. The Labute approximate surface area is 110 Å². The lowest BCUT2D eigenvalue weighted by atomic mass is 10.0. The van der Waals surface area contributed by atoms with Gasteiger partial charge in [-0.2, -0.15) is 13.2 Å². The summed E-state index contributed by atoms with van der Waals surface area (Å²) in [7, 11) is 0. The lowest BCUT2D eigenvalue weighted by Crippen LogP contribution is -2.26. The van der Waals surface area contributed by atoms with Crippen LogP contribution in [0, 0.1) is 5.41 Å². The molecule has 106 valence electrons. The van der Waals surface area contributed by atoms with Gasteiger partial charge in [-0.05, 0) is 24.7 Å². The van der Waals surface area contributed by atoms with Gasteiger partial charge in [-0.3, -0.25) is 0 Å². The van der Waals surface area contributed by atoms with Crippen molar-refractivity contribution in [2.45, 2.75) is 51.9 Å². The van der Waals surface area contributed by atoms with Crippen molar-refractivity contribution in [3.05, 3.63) is 17.2 Å². The van der Waals surface area contributed by atoms with E-state index in [1.165, 1.54) is 4.57 Å². The number of hydrogen-bond acceptors (Lipinski definition) is 2. The molecule has 1 aromatic heterocycles. The first kappa shape index (κ1) is 13.0. The van der Waals surface area contributed by atoms with Gasteiger partial charge < -0.3 is 9.88 Å². The second-order valence-electron chi connectivity index (χ2n) is 5.69. The Morgan fingerprint density at radius 2 is 2.11 bits per heavy atom. The van der Waals surface area contributed by atoms with Gasteiger partial charge >= 0.3 is 6.18 Å². The Morgan fingerprint density at radius 1 is 1.37 bits per heavy atom. The highest BCUT2D eigenvalue weighted by Gasteiger charge is 2.45. The normalized spacial score (nSPS) is 21.3. The van der Waals surface area contributed by atoms with Gasteiger partial charge in [0.2, 0.25) is 5.82 Å². The zero-order valence-electron chi connectivity index (χ0n) is 11.0. The minimum Gasteiger partial charge on any atom is -0.324 e. The molecule has 1 aromatic rings. The molecule has 0 aromatic carbocycles. The van der Waals surface area contributed by atoms with Gasteiger partial charge in [0.1, 0.15) is 0 Å². The van der Waals surface area contributed by atoms with Crippen molar-refractivity contribution >= 4 is 0 Å². The number of nitrogens with zero attached hydrogens (tertiary/aromatic N) is 2. The van der Waals surface area contributed by atoms with Crippen molar-refractivity contribution in [3.63, 3.8) is 0 Å². The highest BCUT2D eigenvalue weighted by Crippen LogP contribution is 2.51. The summed E-state index contributed by atoms with van der Waals surface area (Å²) in [6, 6.07) is 0. The lowest BCUT2D eigenvalue weighted by molar-refractivity contribution is -0.147. The number of alkyl halides is 3. The molecule has 1 aliphatic carbocycles. The third-order valence-corrected chi connectivity index (χ3v) is 4.44. The summed E-state index contributed by atoms with van der Waals surface area (Å²) in [6.45, 7) is 3.71. The molecule has 2 heterocycles. The van der Waals surface area contributed by atoms with Gasteiger partial charge in [-0.1, -0.05) is 6.92 Å². The molecule has 1 N–H and O–H groups in total. The fourth-order valence-electron chi connectivity index (χ4n) is 2.89. The third kappa shape index (κ3) is 2.26. The van der Waals surface area contributed by atoms with Crippen LogP contribution in [0.15, 0.2) is 0 Å². The summed E-state index contributed by atoms with van der Waals surface area (Å²) in [5, 5.41) is 3.08. The van der Waals surface area contributed by atoms with Crippen LogP contribution < -0.4 is 5.32 Å². The summed E-state index contributed by atoms with van der Waals surface area (Å²) in [4.78, 5) is 3.84. The quantitative estimate of drug-likeness (QED) is 0.917. The van der Waals surface area contributed by atoms with Gasteiger partial charge in [0.05, 0.1) is 5.69 Å². The Morgan fingerprint density at radius 3 is 2.68 bits per heavy atom. The number of imidazole rings is 1. The fraction of sp³-hybridized carbons (Fsp3) is 0.769. The Hall–Kier alpha value is -1.04. The molecule has 2 aliphatic rings. The van der Waals surface area contributed by atoms with Crippen LogP contribution in [-0.4, -0.2) is 16.1 Å². The van der Waals surface area contributed by atoms with E-state index < -0.39 is 12.0 Å². The maximum Gasteiger partial charge on any atom is 0.449 e. The second kappa shape index (κ2) is 4.23. The van der Waals surface area contributed by atoms with E-state index in [-0.39, 0.29) is 5.41 Å². The van der Waals surface area contributed by atoms with Crippen LogP contribution in [0.5, 0.6) is 0 Å². The molecule has 1 aliphatic heterocycles. The second-order valence-corrected chi connectivity index (χ2v) is 5.69. The average molecular weight is 273 g/mol. The SMILES string of the molecule is CCC1(Cn2c(C(F)(F)F)nc3c2CCNC3)CC1. The summed E-state index contributed by atoms with van der Waals surface area (Å²) >= 11 is 0. The number of nitrogens with one attached hydrogen (secondary N) is 1. The van der Waals surface area contributed by atoms with Crippen LogP contribution in [0.25, 0.3) is 0 Å². The Balaban J connectivity index is 2.02. The number of fused-ring (bicyclic) bond motifs is 1. The van der Waals surface area contributed by atoms with Crippen LogP contribution >= 0.6 is 0 Å². The van der Waals surface area contributed by atoms with Crippen LogP contribution in [0.3, 0.4) is 0 Å². The molecular formula is C13H18F3N3. The predicted molar refractivity (Wildman–Crippen MR) is 64.6 cm³/mol. The Bertz CT molecular complexity index is 486. The maximum atomic E-state index is 13.1. The monoisotopic (exact) mass is 273 g/mol. The average Bonchev–Trinajstić information content (AvgIpc) is 3.04. The van der Waals surface area contributed by atoms with E-state index in [4.69, 9.17) is 0 Å². The van der Waals surface area contributed by atoms with Crippen molar-refractivity contribution in [3.8, 4) is 0 Å². The van der Waals surface area contributed by atoms with E-state index in [2.05, 4.69) is 17.2 Å².